The van der Waals surface area contributed by atoms with Crippen molar-refractivity contribution in [1.82, 2.24) is 0 Å². The van der Waals surface area contributed by atoms with Gasteiger partial charge in [-0.25, -0.2) is 0 Å². The molecule has 21 heavy (non-hydrogen) atoms. The summed E-state index contributed by atoms with van der Waals surface area (Å²) in [5.41, 5.74) is 1.98. The highest BCUT2D eigenvalue weighted by Gasteiger charge is 2.27. The van der Waals surface area contributed by atoms with E-state index in [0.717, 1.165) is 31.4 Å². The topological polar surface area (TPSA) is 55.4 Å². The highest BCUT2D eigenvalue weighted by molar-refractivity contribution is 5.92. The lowest BCUT2D eigenvalue weighted by atomic mass is 9.86. The smallest absolute Gasteiger partial charge is 0.309 e. The van der Waals surface area contributed by atoms with Crippen LogP contribution >= 0.6 is 0 Å². The molecule has 1 aromatic carbocycles. The van der Waals surface area contributed by atoms with E-state index in [0.29, 0.717) is 5.92 Å². The van der Waals surface area contributed by atoms with Crippen LogP contribution in [0, 0.1) is 5.92 Å². The van der Waals surface area contributed by atoms with Crippen molar-refractivity contribution < 1.29 is 14.3 Å². The lowest BCUT2D eigenvalue weighted by Crippen LogP contribution is -2.28. The quantitative estimate of drug-likeness (QED) is 0.816. The van der Waals surface area contributed by atoms with E-state index in [1.165, 1.54) is 5.56 Å². The van der Waals surface area contributed by atoms with Crippen molar-refractivity contribution in [1.29, 1.82) is 0 Å². The number of rotatable bonds is 6. The van der Waals surface area contributed by atoms with Gasteiger partial charge >= 0.3 is 5.97 Å². The number of esters is 1. The monoisotopic (exact) mass is 289 g/mol. The predicted octanol–water partition coefficient (Wildman–Crippen LogP) is 3.48. The Bertz CT molecular complexity index is 491. The maximum atomic E-state index is 11.7. The molecule has 4 heteroatoms. The summed E-state index contributed by atoms with van der Waals surface area (Å²) in [6, 6.07) is 7.80. The van der Waals surface area contributed by atoms with Crippen molar-refractivity contribution in [2.45, 2.75) is 45.4 Å². The highest BCUT2D eigenvalue weighted by Crippen LogP contribution is 2.27. The summed E-state index contributed by atoms with van der Waals surface area (Å²) in [5.74, 6) is -0.0201. The average Bonchev–Trinajstić information content (AvgIpc) is 2.43. The van der Waals surface area contributed by atoms with E-state index < -0.39 is 0 Å². The molecule has 1 saturated carbocycles. The lowest BCUT2D eigenvalue weighted by molar-refractivity contribution is -0.154. The molecule has 1 aromatic rings. The van der Waals surface area contributed by atoms with Crippen molar-refractivity contribution >= 4 is 17.6 Å². The van der Waals surface area contributed by atoms with Crippen molar-refractivity contribution in [3.05, 3.63) is 29.8 Å². The number of carbonyl (C=O) groups excluding carboxylic acids is 2. The molecule has 1 aliphatic rings. The summed E-state index contributed by atoms with van der Waals surface area (Å²) < 4.78 is 5.01. The minimum absolute atomic E-state index is 0.00705. The summed E-state index contributed by atoms with van der Waals surface area (Å²) in [4.78, 5) is 23.3. The van der Waals surface area contributed by atoms with Crippen molar-refractivity contribution in [3.63, 3.8) is 0 Å². The van der Waals surface area contributed by atoms with Gasteiger partial charge in [0.1, 0.15) is 0 Å². The number of nitrogens with one attached hydrogen (secondary N) is 1. The first-order valence-electron chi connectivity index (χ1n) is 7.66. The predicted molar refractivity (Wildman–Crippen MR) is 82.1 cm³/mol. The molecule has 1 aliphatic carbocycles. The van der Waals surface area contributed by atoms with E-state index in [4.69, 9.17) is 4.74 Å². The molecule has 0 aliphatic heterocycles. The van der Waals surface area contributed by atoms with Crippen LogP contribution in [0.25, 0.3) is 0 Å². The molecule has 4 nitrogen and oxygen atoms in total. The summed E-state index contributed by atoms with van der Waals surface area (Å²) in [7, 11) is 0. The Morgan fingerprint density at radius 2 is 1.95 bits per heavy atom. The molecule has 0 aromatic heterocycles. The molecule has 1 amide bonds. The van der Waals surface area contributed by atoms with Crippen molar-refractivity contribution in [3.8, 4) is 0 Å². The van der Waals surface area contributed by atoms with Gasteiger partial charge in [-0.3, -0.25) is 9.59 Å². The first-order valence-corrected chi connectivity index (χ1v) is 7.66. The molecule has 114 valence electrons. The molecule has 0 bridgehead atoms. The van der Waals surface area contributed by atoms with Gasteiger partial charge in [-0.1, -0.05) is 32.4 Å². The number of amides is 1. The third-order valence-electron chi connectivity index (χ3n) is 4.16. The molecule has 1 atom stereocenters. The second-order valence-electron chi connectivity index (χ2n) is 5.72. The van der Waals surface area contributed by atoms with Gasteiger partial charge in [0, 0.05) is 5.69 Å². The van der Waals surface area contributed by atoms with Crippen LogP contribution in [0.15, 0.2) is 24.3 Å². The minimum atomic E-state index is -0.293. The normalized spacial score (nSPS) is 15.9. The third kappa shape index (κ3) is 4.31. The Morgan fingerprint density at radius 3 is 2.48 bits per heavy atom. The summed E-state index contributed by atoms with van der Waals surface area (Å²) in [5, 5.41) is 2.74. The second-order valence-corrected chi connectivity index (χ2v) is 5.72. The molecule has 1 N–H and O–H groups in total. The van der Waals surface area contributed by atoms with Crippen molar-refractivity contribution in [2.75, 3.05) is 11.9 Å². The standard InChI is InChI=1S/C17H23NO3/c1-3-12(2)13-7-9-15(10-8-13)18-16(19)11-21-17(20)14-5-4-6-14/h7-10,12,14H,3-6,11H2,1-2H3,(H,18,19)/t12-/m0/s1. The van der Waals surface area contributed by atoms with Gasteiger partial charge in [0.2, 0.25) is 0 Å². The first-order chi connectivity index (χ1) is 10.1. The summed E-state index contributed by atoms with van der Waals surface area (Å²) >= 11 is 0. The molecule has 1 fully saturated rings. The molecular weight excluding hydrogens is 266 g/mol. The zero-order valence-corrected chi connectivity index (χ0v) is 12.7. The van der Waals surface area contributed by atoms with Crippen LogP contribution in [0.4, 0.5) is 5.69 Å². The molecule has 2 rings (SSSR count). The molecule has 0 spiro atoms. The Kier molecular flexibility index (Phi) is 5.37. The van der Waals surface area contributed by atoms with E-state index in [-0.39, 0.29) is 24.4 Å². The van der Waals surface area contributed by atoms with Crippen LogP contribution in [-0.2, 0) is 14.3 Å². The average molecular weight is 289 g/mol. The molecule has 0 saturated heterocycles. The largest absolute Gasteiger partial charge is 0.455 e. The van der Waals surface area contributed by atoms with Gasteiger partial charge in [-0.2, -0.15) is 0 Å². The van der Waals surface area contributed by atoms with Crippen LogP contribution in [0.1, 0.15) is 51.0 Å². The molecule has 0 heterocycles. The molecular formula is C17H23NO3. The fourth-order valence-electron chi connectivity index (χ4n) is 2.23. The maximum Gasteiger partial charge on any atom is 0.309 e. The minimum Gasteiger partial charge on any atom is -0.455 e. The van der Waals surface area contributed by atoms with Crippen LogP contribution in [-0.4, -0.2) is 18.5 Å². The van der Waals surface area contributed by atoms with E-state index in [9.17, 15) is 9.59 Å². The number of hydrogen-bond acceptors (Lipinski definition) is 3. The van der Waals surface area contributed by atoms with Gasteiger partial charge in [-0.05, 0) is 42.9 Å². The Morgan fingerprint density at radius 1 is 1.29 bits per heavy atom. The van der Waals surface area contributed by atoms with E-state index >= 15 is 0 Å². The van der Waals surface area contributed by atoms with E-state index in [1.807, 2.05) is 24.3 Å². The Hall–Kier alpha value is -1.84. The maximum absolute atomic E-state index is 11.7. The number of carbonyl (C=O) groups is 2. The lowest BCUT2D eigenvalue weighted by Gasteiger charge is -2.22. The highest BCUT2D eigenvalue weighted by atomic mass is 16.5. The van der Waals surface area contributed by atoms with Gasteiger partial charge in [-0.15, -0.1) is 0 Å². The zero-order chi connectivity index (χ0) is 15.2. The van der Waals surface area contributed by atoms with Gasteiger partial charge in [0.05, 0.1) is 5.92 Å². The number of ether oxygens (including phenoxy) is 1. The fraction of sp³-hybridized carbons (Fsp3) is 0.529. The molecule has 0 radical (unpaired) electrons. The van der Waals surface area contributed by atoms with Crippen molar-refractivity contribution in [2.24, 2.45) is 5.92 Å². The summed E-state index contributed by atoms with van der Waals surface area (Å²) in [6.45, 7) is 4.12. The number of benzene rings is 1. The summed E-state index contributed by atoms with van der Waals surface area (Å²) in [6.07, 6.45) is 3.94. The van der Waals surface area contributed by atoms with Gasteiger partial charge in [0.25, 0.3) is 5.91 Å². The van der Waals surface area contributed by atoms with Gasteiger partial charge < -0.3 is 10.1 Å². The Labute approximate surface area is 125 Å². The number of hydrogen-bond donors (Lipinski definition) is 1. The third-order valence-corrected chi connectivity index (χ3v) is 4.16. The van der Waals surface area contributed by atoms with E-state index in [2.05, 4.69) is 19.2 Å². The number of anilines is 1. The molecule has 0 unspecified atom stereocenters. The second kappa shape index (κ2) is 7.25. The zero-order valence-electron chi connectivity index (χ0n) is 12.7. The van der Waals surface area contributed by atoms with Gasteiger partial charge in [0.15, 0.2) is 6.61 Å². The van der Waals surface area contributed by atoms with E-state index in [1.54, 1.807) is 0 Å². The van der Waals surface area contributed by atoms with Crippen LogP contribution < -0.4 is 5.32 Å². The fourth-order valence-corrected chi connectivity index (χ4v) is 2.23. The van der Waals surface area contributed by atoms with Crippen LogP contribution in [0.2, 0.25) is 0 Å². The van der Waals surface area contributed by atoms with Crippen LogP contribution in [0.5, 0.6) is 0 Å². The SMILES string of the molecule is CC[C@H](C)c1ccc(NC(=O)COC(=O)C2CCC2)cc1. The Balaban J connectivity index is 1.78. The van der Waals surface area contributed by atoms with Crippen LogP contribution in [0.3, 0.4) is 0 Å². The first kappa shape index (κ1) is 15.5.